The molecule has 0 saturated carbocycles. The van der Waals surface area contributed by atoms with Crippen molar-refractivity contribution in [1.82, 2.24) is 25.0 Å². The Morgan fingerprint density at radius 1 is 1.22 bits per heavy atom. The van der Waals surface area contributed by atoms with Crippen LogP contribution in [0.2, 0.25) is 0 Å². The number of amides is 2. The van der Waals surface area contributed by atoms with Gasteiger partial charge in [0.05, 0.1) is 5.69 Å². The van der Waals surface area contributed by atoms with Crippen LogP contribution in [0.15, 0.2) is 54.7 Å². The summed E-state index contributed by atoms with van der Waals surface area (Å²) in [5, 5.41) is 9.96. The minimum Gasteiger partial charge on any atom is -0.353 e. The number of rotatable bonds is 4. The van der Waals surface area contributed by atoms with Crippen LogP contribution in [0.5, 0.6) is 0 Å². The average Bonchev–Trinajstić information content (AvgIpc) is 3.32. The fourth-order valence-electron chi connectivity index (χ4n) is 3.44. The summed E-state index contributed by atoms with van der Waals surface area (Å²) in [6.45, 7) is 0.926. The van der Waals surface area contributed by atoms with Gasteiger partial charge in [0.25, 0.3) is 5.91 Å². The van der Waals surface area contributed by atoms with Gasteiger partial charge in [0.1, 0.15) is 17.4 Å². The van der Waals surface area contributed by atoms with E-state index in [2.05, 4.69) is 15.5 Å². The van der Waals surface area contributed by atoms with Crippen molar-refractivity contribution in [2.75, 3.05) is 13.1 Å². The largest absolute Gasteiger partial charge is 0.353 e. The molecule has 2 amide bonds. The predicted molar refractivity (Wildman–Crippen MR) is 101 cm³/mol. The van der Waals surface area contributed by atoms with Crippen molar-refractivity contribution >= 4 is 11.8 Å². The van der Waals surface area contributed by atoms with Gasteiger partial charge in [-0.1, -0.05) is 30.3 Å². The van der Waals surface area contributed by atoms with E-state index in [1.54, 1.807) is 11.0 Å². The lowest BCUT2D eigenvalue weighted by Gasteiger charge is -2.34. The SMILES string of the molecule is Cn1cccc1-c1cc(C(=O)N2CCNC(=O)[C@H]2Cc2ccccc2)[nH]n1. The second kappa shape index (κ2) is 7.11. The van der Waals surface area contributed by atoms with E-state index in [1.807, 2.05) is 60.3 Å². The quantitative estimate of drug-likeness (QED) is 0.739. The first kappa shape index (κ1) is 17.1. The molecular formula is C20H21N5O2. The maximum absolute atomic E-state index is 13.1. The first-order chi connectivity index (χ1) is 13.1. The Morgan fingerprint density at radius 2 is 2.04 bits per heavy atom. The first-order valence-corrected chi connectivity index (χ1v) is 8.93. The predicted octanol–water partition coefficient (Wildman–Crippen LogP) is 1.60. The van der Waals surface area contributed by atoms with Crippen molar-refractivity contribution in [3.05, 3.63) is 66.0 Å². The Morgan fingerprint density at radius 3 is 2.78 bits per heavy atom. The summed E-state index contributed by atoms with van der Waals surface area (Å²) in [6, 6.07) is 14.8. The molecule has 0 spiro atoms. The third-order valence-electron chi connectivity index (χ3n) is 4.88. The molecule has 138 valence electrons. The Bertz CT molecular complexity index is 960. The minimum absolute atomic E-state index is 0.124. The number of hydrogen-bond acceptors (Lipinski definition) is 3. The van der Waals surface area contributed by atoms with Crippen molar-refractivity contribution < 1.29 is 9.59 Å². The van der Waals surface area contributed by atoms with Gasteiger partial charge in [-0.25, -0.2) is 0 Å². The van der Waals surface area contributed by atoms with Crippen LogP contribution in [-0.2, 0) is 18.3 Å². The number of carbonyl (C=O) groups excluding carboxylic acids is 2. The van der Waals surface area contributed by atoms with Crippen molar-refractivity contribution in [3.8, 4) is 11.4 Å². The summed E-state index contributed by atoms with van der Waals surface area (Å²) in [7, 11) is 1.93. The molecule has 0 aliphatic carbocycles. The number of piperazine rings is 1. The van der Waals surface area contributed by atoms with Gasteiger partial charge in [0, 0.05) is 32.8 Å². The molecule has 0 radical (unpaired) electrons. The number of carbonyl (C=O) groups is 2. The Labute approximate surface area is 157 Å². The summed E-state index contributed by atoms with van der Waals surface area (Å²) in [5.74, 6) is -0.334. The van der Waals surface area contributed by atoms with Gasteiger partial charge in [0.2, 0.25) is 5.91 Å². The molecule has 1 atom stereocenters. The molecule has 7 heteroatoms. The van der Waals surface area contributed by atoms with Crippen molar-refractivity contribution in [3.63, 3.8) is 0 Å². The van der Waals surface area contributed by atoms with Crippen molar-refractivity contribution in [1.29, 1.82) is 0 Å². The zero-order valence-corrected chi connectivity index (χ0v) is 15.1. The molecular weight excluding hydrogens is 342 g/mol. The summed E-state index contributed by atoms with van der Waals surface area (Å²) in [4.78, 5) is 27.2. The fraction of sp³-hybridized carbons (Fsp3) is 0.250. The van der Waals surface area contributed by atoms with E-state index in [0.717, 1.165) is 11.3 Å². The maximum Gasteiger partial charge on any atom is 0.272 e. The summed E-state index contributed by atoms with van der Waals surface area (Å²) in [5.41, 5.74) is 3.03. The van der Waals surface area contributed by atoms with Gasteiger partial charge < -0.3 is 14.8 Å². The molecule has 2 aromatic heterocycles. The minimum atomic E-state index is -0.532. The van der Waals surface area contributed by atoms with E-state index in [0.29, 0.717) is 30.9 Å². The lowest BCUT2D eigenvalue weighted by Crippen LogP contribution is -2.58. The van der Waals surface area contributed by atoms with Gasteiger partial charge >= 0.3 is 0 Å². The van der Waals surface area contributed by atoms with Crippen LogP contribution in [0.4, 0.5) is 0 Å². The van der Waals surface area contributed by atoms with E-state index in [4.69, 9.17) is 0 Å². The van der Waals surface area contributed by atoms with E-state index >= 15 is 0 Å². The van der Waals surface area contributed by atoms with Crippen LogP contribution in [-0.4, -0.2) is 50.6 Å². The molecule has 3 heterocycles. The molecule has 1 aromatic carbocycles. The summed E-state index contributed by atoms with van der Waals surface area (Å²) >= 11 is 0. The molecule has 0 bridgehead atoms. The lowest BCUT2D eigenvalue weighted by atomic mass is 10.0. The second-order valence-corrected chi connectivity index (χ2v) is 6.67. The fourth-order valence-corrected chi connectivity index (χ4v) is 3.44. The standard InChI is InChI=1S/C20H21N5O2/c1-24-10-5-8-17(24)15-13-16(23-22-15)20(27)25-11-9-21-19(26)18(25)12-14-6-3-2-4-7-14/h2-8,10,13,18H,9,11-12H2,1H3,(H,21,26)(H,22,23)/t18-/m1/s1. The van der Waals surface area contributed by atoms with E-state index < -0.39 is 6.04 Å². The smallest absolute Gasteiger partial charge is 0.272 e. The number of aromatic amines is 1. The molecule has 7 nitrogen and oxygen atoms in total. The molecule has 4 rings (SSSR count). The highest BCUT2D eigenvalue weighted by molar-refractivity contribution is 5.97. The lowest BCUT2D eigenvalue weighted by molar-refractivity contribution is -0.127. The van der Waals surface area contributed by atoms with Gasteiger partial charge in [-0.05, 0) is 23.8 Å². The van der Waals surface area contributed by atoms with Gasteiger partial charge in [0.15, 0.2) is 0 Å². The van der Waals surface area contributed by atoms with Crippen LogP contribution in [0.3, 0.4) is 0 Å². The molecule has 3 aromatic rings. The topological polar surface area (TPSA) is 83.0 Å². The normalized spacial score (nSPS) is 17.0. The molecule has 27 heavy (non-hydrogen) atoms. The first-order valence-electron chi connectivity index (χ1n) is 8.93. The summed E-state index contributed by atoms with van der Waals surface area (Å²) < 4.78 is 1.94. The van der Waals surface area contributed by atoms with Crippen LogP contribution in [0.1, 0.15) is 16.1 Å². The molecule has 1 aliphatic heterocycles. The monoisotopic (exact) mass is 363 g/mol. The van der Waals surface area contributed by atoms with Crippen LogP contribution in [0, 0.1) is 0 Å². The molecule has 1 aliphatic rings. The zero-order valence-electron chi connectivity index (χ0n) is 15.1. The number of nitrogens with one attached hydrogen (secondary N) is 2. The number of benzene rings is 1. The highest BCUT2D eigenvalue weighted by Gasteiger charge is 2.34. The van der Waals surface area contributed by atoms with E-state index in [9.17, 15) is 9.59 Å². The number of hydrogen-bond donors (Lipinski definition) is 2. The van der Waals surface area contributed by atoms with Crippen molar-refractivity contribution in [2.24, 2.45) is 7.05 Å². The second-order valence-electron chi connectivity index (χ2n) is 6.67. The third kappa shape index (κ3) is 3.36. The van der Waals surface area contributed by atoms with E-state index in [-0.39, 0.29) is 11.8 Å². The number of nitrogens with zero attached hydrogens (tertiary/aromatic N) is 3. The van der Waals surface area contributed by atoms with Gasteiger partial charge in [-0.2, -0.15) is 5.10 Å². The van der Waals surface area contributed by atoms with E-state index in [1.165, 1.54) is 0 Å². The highest BCUT2D eigenvalue weighted by Crippen LogP contribution is 2.20. The molecule has 1 fully saturated rings. The van der Waals surface area contributed by atoms with Gasteiger partial charge in [-0.15, -0.1) is 0 Å². The van der Waals surface area contributed by atoms with Gasteiger partial charge in [-0.3, -0.25) is 14.7 Å². The Kier molecular flexibility index (Phi) is 4.50. The summed E-state index contributed by atoms with van der Waals surface area (Å²) in [6.07, 6.45) is 2.41. The average molecular weight is 363 g/mol. The zero-order chi connectivity index (χ0) is 18.8. The number of aromatic nitrogens is 3. The van der Waals surface area contributed by atoms with Crippen LogP contribution >= 0.6 is 0 Å². The maximum atomic E-state index is 13.1. The molecule has 0 unspecified atom stereocenters. The number of aryl methyl sites for hydroxylation is 1. The Hall–Kier alpha value is -3.35. The van der Waals surface area contributed by atoms with Crippen LogP contribution in [0.25, 0.3) is 11.4 Å². The Balaban J connectivity index is 1.58. The number of H-pyrrole nitrogens is 1. The highest BCUT2D eigenvalue weighted by atomic mass is 16.2. The van der Waals surface area contributed by atoms with Crippen LogP contribution < -0.4 is 5.32 Å². The third-order valence-corrected chi connectivity index (χ3v) is 4.88. The molecule has 2 N–H and O–H groups in total. The molecule has 1 saturated heterocycles. The van der Waals surface area contributed by atoms with Crippen molar-refractivity contribution in [2.45, 2.75) is 12.5 Å².